The maximum absolute atomic E-state index is 6.50. The molecule has 0 amide bonds. The van der Waals surface area contributed by atoms with Gasteiger partial charge in [-0.3, -0.25) is 0 Å². The lowest BCUT2D eigenvalue weighted by atomic mass is 9.94. The number of aryl methyl sites for hydroxylation is 1. The van der Waals surface area contributed by atoms with Crippen molar-refractivity contribution in [2.24, 2.45) is 0 Å². The van der Waals surface area contributed by atoms with Crippen LogP contribution in [0.15, 0.2) is 156 Å². The van der Waals surface area contributed by atoms with Crippen molar-refractivity contribution in [2.75, 3.05) is 0 Å². The number of nitrogens with zero attached hydrogens (tertiary/aromatic N) is 2. The van der Waals surface area contributed by atoms with Crippen LogP contribution < -0.4 is 0 Å². The van der Waals surface area contributed by atoms with Gasteiger partial charge < -0.3 is 8.98 Å². The summed E-state index contributed by atoms with van der Waals surface area (Å²) in [6.45, 7) is 2.24. The molecule has 3 nitrogen and oxygen atoms in total. The van der Waals surface area contributed by atoms with Crippen LogP contribution in [-0.2, 0) is 0 Å². The first-order valence-electron chi connectivity index (χ1n) is 16.1. The number of pyridine rings is 1. The minimum atomic E-state index is 0.879. The standard InChI is InChI=1S/C44H28N2O/c1-27-30-16-9-11-21-37(30)45-43(34-20-8-7-17-31(34)28-13-3-2-4-14-28)44(27)46-38-24-23-29-15-5-6-18-32(29)42(38)36-25-35-33-19-10-12-22-40(33)47-41(35)26-39(36)46/h2-26H,1H3. The van der Waals surface area contributed by atoms with E-state index in [1.165, 1.54) is 32.7 Å². The van der Waals surface area contributed by atoms with E-state index in [2.05, 4.69) is 157 Å². The Morgan fingerprint density at radius 2 is 1.21 bits per heavy atom. The Morgan fingerprint density at radius 3 is 2.09 bits per heavy atom. The van der Waals surface area contributed by atoms with Crippen LogP contribution in [0.4, 0.5) is 0 Å². The number of furan rings is 1. The van der Waals surface area contributed by atoms with E-state index in [9.17, 15) is 0 Å². The molecule has 47 heavy (non-hydrogen) atoms. The molecule has 3 heteroatoms. The fourth-order valence-corrected chi connectivity index (χ4v) is 7.63. The second-order valence-electron chi connectivity index (χ2n) is 12.3. The summed E-state index contributed by atoms with van der Waals surface area (Å²) < 4.78 is 8.94. The zero-order valence-electron chi connectivity index (χ0n) is 25.7. The Hall–Kier alpha value is -6.19. The molecule has 220 valence electrons. The van der Waals surface area contributed by atoms with E-state index in [4.69, 9.17) is 9.40 Å². The minimum absolute atomic E-state index is 0.879. The number of hydrogen-bond acceptors (Lipinski definition) is 2. The first-order chi connectivity index (χ1) is 23.2. The highest BCUT2D eigenvalue weighted by molar-refractivity contribution is 6.25. The van der Waals surface area contributed by atoms with Crippen LogP contribution in [0.25, 0.3) is 93.5 Å². The lowest BCUT2D eigenvalue weighted by Crippen LogP contribution is -2.04. The zero-order chi connectivity index (χ0) is 31.1. The number of fused-ring (bicyclic) bond motifs is 9. The molecule has 3 heterocycles. The van der Waals surface area contributed by atoms with Crippen LogP contribution in [0.2, 0.25) is 0 Å². The van der Waals surface area contributed by atoms with Gasteiger partial charge >= 0.3 is 0 Å². The molecule has 0 aliphatic heterocycles. The van der Waals surface area contributed by atoms with Gasteiger partial charge in [0.05, 0.1) is 27.9 Å². The quantitative estimate of drug-likeness (QED) is 0.202. The minimum Gasteiger partial charge on any atom is -0.456 e. The molecular weight excluding hydrogens is 572 g/mol. The molecule has 0 fully saturated rings. The molecule has 10 aromatic rings. The molecule has 0 aliphatic carbocycles. The highest BCUT2D eigenvalue weighted by Crippen LogP contribution is 2.45. The Labute approximate surface area is 270 Å². The smallest absolute Gasteiger partial charge is 0.137 e. The van der Waals surface area contributed by atoms with Gasteiger partial charge in [-0.1, -0.05) is 121 Å². The fraction of sp³-hybridized carbons (Fsp3) is 0.0227. The van der Waals surface area contributed by atoms with E-state index in [0.717, 1.165) is 66.4 Å². The molecule has 7 aromatic carbocycles. The molecule has 0 saturated carbocycles. The highest BCUT2D eigenvalue weighted by Gasteiger charge is 2.24. The first-order valence-corrected chi connectivity index (χ1v) is 16.1. The van der Waals surface area contributed by atoms with Gasteiger partial charge in [0, 0.05) is 38.6 Å². The van der Waals surface area contributed by atoms with Gasteiger partial charge in [0.25, 0.3) is 0 Å². The van der Waals surface area contributed by atoms with Gasteiger partial charge in [0.15, 0.2) is 0 Å². The van der Waals surface area contributed by atoms with Crippen LogP contribution >= 0.6 is 0 Å². The van der Waals surface area contributed by atoms with Crippen molar-refractivity contribution < 1.29 is 4.42 Å². The number of hydrogen-bond donors (Lipinski definition) is 0. The SMILES string of the molecule is Cc1c(-n2c3cc4oc5ccccc5c4cc3c3c4ccccc4ccc32)c(-c2ccccc2-c2ccccc2)nc2ccccc12. The number of para-hydroxylation sites is 2. The molecule has 3 aromatic heterocycles. The fourth-order valence-electron chi connectivity index (χ4n) is 7.63. The molecule has 0 spiro atoms. The molecule has 0 atom stereocenters. The second kappa shape index (κ2) is 9.90. The molecule has 10 rings (SSSR count). The highest BCUT2D eigenvalue weighted by atomic mass is 16.3. The third-order valence-corrected chi connectivity index (χ3v) is 9.76. The Bertz CT molecular complexity index is 2860. The van der Waals surface area contributed by atoms with E-state index < -0.39 is 0 Å². The zero-order valence-corrected chi connectivity index (χ0v) is 25.7. The lowest BCUT2D eigenvalue weighted by Gasteiger charge is -2.20. The monoisotopic (exact) mass is 600 g/mol. The average molecular weight is 601 g/mol. The predicted octanol–water partition coefficient (Wildman–Crippen LogP) is 12.0. The summed E-state index contributed by atoms with van der Waals surface area (Å²) in [4.78, 5) is 5.48. The van der Waals surface area contributed by atoms with Crippen LogP contribution in [0.1, 0.15) is 5.56 Å². The van der Waals surface area contributed by atoms with E-state index in [-0.39, 0.29) is 0 Å². The summed E-state index contributed by atoms with van der Waals surface area (Å²) in [5.74, 6) is 0. The Balaban J connectivity index is 1.42. The maximum Gasteiger partial charge on any atom is 0.137 e. The molecule has 0 unspecified atom stereocenters. The van der Waals surface area contributed by atoms with Gasteiger partial charge in [-0.2, -0.15) is 0 Å². The molecule has 0 saturated heterocycles. The van der Waals surface area contributed by atoms with Crippen molar-refractivity contribution in [1.82, 2.24) is 9.55 Å². The molecule has 0 aliphatic rings. The van der Waals surface area contributed by atoms with E-state index in [0.29, 0.717) is 0 Å². The summed E-state index contributed by atoms with van der Waals surface area (Å²) in [6, 6.07) is 53.9. The number of benzene rings is 7. The van der Waals surface area contributed by atoms with Crippen LogP contribution in [0, 0.1) is 6.92 Å². The van der Waals surface area contributed by atoms with Crippen LogP contribution in [0.5, 0.6) is 0 Å². The van der Waals surface area contributed by atoms with E-state index in [1.54, 1.807) is 0 Å². The molecular formula is C44H28N2O. The van der Waals surface area contributed by atoms with Gasteiger partial charge in [-0.25, -0.2) is 4.98 Å². The average Bonchev–Trinajstić information content (AvgIpc) is 3.66. The van der Waals surface area contributed by atoms with Gasteiger partial charge in [-0.05, 0) is 58.7 Å². The van der Waals surface area contributed by atoms with E-state index >= 15 is 0 Å². The largest absolute Gasteiger partial charge is 0.456 e. The van der Waals surface area contributed by atoms with Crippen molar-refractivity contribution >= 4 is 65.4 Å². The molecule has 0 bridgehead atoms. The van der Waals surface area contributed by atoms with Crippen LogP contribution in [0.3, 0.4) is 0 Å². The number of rotatable bonds is 3. The van der Waals surface area contributed by atoms with Crippen LogP contribution in [-0.4, -0.2) is 9.55 Å². The van der Waals surface area contributed by atoms with E-state index in [1.807, 2.05) is 6.07 Å². The summed E-state index contributed by atoms with van der Waals surface area (Å²) in [5.41, 5.74) is 11.7. The maximum atomic E-state index is 6.50. The lowest BCUT2D eigenvalue weighted by molar-refractivity contribution is 0.669. The second-order valence-corrected chi connectivity index (χ2v) is 12.3. The van der Waals surface area contributed by atoms with Gasteiger partial charge in [0.2, 0.25) is 0 Å². The first kappa shape index (κ1) is 26.1. The number of aromatic nitrogens is 2. The van der Waals surface area contributed by atoms with Crippen molar-refractivity contribution in [3.05, 3.63) is 157 Å². The summed E-state index contributed by atoms with van der Waals surface area (Å²) in [6.07, 6.45) is 0. The van der Waals surface area contributed by atoms with Crippen molar-refractivity contribution in [2.45, 2.75) is 6.92 Å². The summed E-state index contributed by atoms with van der Waals surface area (Å²) in [7, 11) is 0. The van der Waals surface area contributed by atoms with Crippen molar-refractivity contribution in [1.29, 1.82) is 0 Å². The van der Waals surface area contributed by atoms with Crippen molar-refractivity contribution in [3.63, 3.8) is 0 Å². The molecule has 0 N–H and O–H groups in total. The third-order valence-electron chi connectivity index (χ3n) is 9.76. The topological polar surface area (TPSA) is 31.0 Å². The Kier molecular flexibility index (Phi) is 5.49. The molecule has 0 radical (unpaired) electrons. The van der Waals surface area contributed by atoms with Crippen molar-refractivity contribution in [3.8, 4) is 28.1 Å². The predicted molar refractivity (Wildman–Crippen MR) is 196 cm³/mol. The third kappa shape index (κ3) is 3.77. The van der Waals surface area contributed by atoms with Gasteiger partial charge in [0.1, 0.15) is 11.2 Å². The summed E-state index contributed by atoms with van der Waals surface area (Å²) in [5, 5.41) is 8.29. The van der Waals surface area contributed by atoms with Gasteiger partial charge in [-0.15, -0.1) is 0 Å². The summed E-state index contributed by atoms with van der Waals surface area (Å²) >= 11 is 0. The Morgan fingerprint density at radius 1 is 0.511 bits per heavy atom. The normalized spacial score (nSPS) is 11.9.